The molecule has 3 heteroatoms. The zero-order valence-corrected chi connectivity index (χ0v) is 29.9. The minimum atomic E-state index is 0.966. The molecule has 248 valence electrons. The minimum absolute atomic E-state index is 0.966. The summed E-state index contributed by atoms with van der Waals surface area (Å²) in [6.45, 7) is 15.0. The first-order chi connectivity index (χ1) is 24.5. The van der Waals surface area contributed by atoms with Gasteiger partial charge in [-0.2, -0.15) is 0 Å². The van der Waals surface area contributed by atoms with Crippen LogP contribution in [0.15, 0.2) is 133 Å². The number of rotatable bonds is 9. The van der Waals surface area contributed by atoms with Gasteiger partial charge in [-0.3, -0.25) is 0 Å². The highest BCUT2D eigenvalue weighted by Gasteiger charge is 2.21. The van der Waals surface area contributed by atoms with Gasteiger partial charge in [0.2, 0.25) is 0 Å². The fraction of sp³-hybridized carbons (Fsp3) is 0.191. The maximum absolute atomic E-state index is 2.46. The van der Waals surface area contributed by atoms with Crippen LogP contribution in [0.1, 0.15) is 33.3 Å². The first-order valence-electron chi connectivity index (χ1n) is 18.2. The van der Waals surface area contributed by atoms with Crippen LogP contribution in [0, 0.1) is 6.92 Å². The lowest BCUT2D eigenvalue weighted by atomic mass is 9.85. The molecule has 0 saturated heterocycles. The Morgan fingerprint density at radius 3 is 1.54 bits per heavy atom. The summed E-state index contributed by atoms with van der Waals surface area (Å²) in [6, 6.07) is 50.1. The standard InChI is InChI=1S/C47H45N3/c1-6-48(7-2)36-25-27-40-42(30-36)46(33-21-19-32(5)20-22-33)39-26-24-37(49(8-3)9-4)31-43(39)47(40)34-23-28-45-41(29-34)38-17-13-14-18-44(38)50(45)35-15-11-10-12-16-35/h10-31H,6-9H2,1-5H3. The molecule has 0 fully saturated rings. The molecule has 0 N–H and O–H groups in total. The summed E-state index contributed by atoms with van der Waals surface area (Å²) in [5.74, 6) is 0. The lowest BCUT2D eigenvalue weighted by Crippen LogP contribution is -2.21. The maximum atomic E-state index is 2.46. The van der Waals surface area contributed by atoms with Crippen molar-refractivity contribution in [2.75, 3.05) is 36.0 Å². The Kier molecular flexibility index (Phi) is 8.28. The third kappa shape index (κ3) is 5.20. The molecule has 0 aliphatic carbocycles. The number of fused-ring (bicyclic) bond motifs is 5. The van der Waals surface area contributed by atoms with Gasteiger partial charge in [0.15, 0.2) is 0 Å². The lowest BCUT2D eigenvalue weighted by Gasteiger charge is -2.25. The molecule has 0 amide bonds. The summed E-state index contributed by atoms with van der Waals surface area (Å²) >= 11 is 0. The fourth-order valence-corrected chi connectivity index (χ4v) is 8.10. The molecule has 3 nitrogen and oxygen atoms in total. The van der Waals surface area contributed by atoms with Crippen LogP contribution in [-0.4, -0.2) is 30.7 Å². The van der Waals surface area contributed by atoms with Crippen molar-refractivity contribution in [2.45, 2.75) is 34.6 Å². The van der Waals surface area contributed by atoms with Crippen molar-refractivity contribution in [2.24, 2.45) is 0 Å². The lowest BCUT2D eigenvalue weighted by molar-refractivity contribution is 0.867. The van der Waals surface area contributed by atoms with Gasteiger partial charge in [-0.1, -0.05) is 84.4 Å². The Balaban J connectivity index is 1.50. The van der Waals surface area contributed by atoms with E-state index in [1.165, 1.54) is 88.2 Å². The number of hydrogen-bond acceptors (Lipinski definition) is 2. The molecule has 0 radical (unpaired) electrons. The summed E-state index contributed by atoms with van der Waals surface area (Å²) in [5.41, 5.74) is 12.5. The van der Waals surface area contributed by atoms with E-state index in [0.717, 1.165) is 26.2 Å². The van der Waals surface area contributed by atoms with E-state index >= 15 is 0 Å². The Bertz CT molecular complexity index is 2480. The van der Waals surface area contributed by atoms with Gasteiger partial charge in [0.1, 0.15) is 0 Å². The molecule has 7 aromatic carbocycles. The van der Waals surface area contributed by atoms with Crippen molar-refractivity contribution in [3.63, 3.8) is 0 Å². The molecule has 8 rings (SSSR count). The van der Waals surface area contributed by atoms with Gasteiger partial charge >= 0.3 is 0 Å². The zero-order chi connectivity index (χ0) is 34.4. The van der Waals surface area contributed by atoms with E-state index in [0.29, 0.717) is 0 Å². The van der Waals surface area contributed by atoms with Crippen LogP contribution in [0.5, 0.6) is 0 Å². The number of aromatic nitrogens is 1. The number of aryl methyl sites for hydroxylation is 1. The van der Waals surface area contributed by atoms with Crippen LogP contribution in [0.2, 0.25) is 0 Å². The van der Waals surface area contributed by atoms with E-state index in [-0.39, 0.29) is 0 Å². The topological polar surface area (TPSA) is 11.4 Å². The van der Waals surface area contributed by atoms with E-state index in [2.05, 4.69) is 182 Å². The van der Waals surface area contributed by atoms with Gasteiger partial charge in [0.25, 0.3) is 0 Å². The third-order valence-corrected chi connectivity index (χ3v) is 10.7. The van der Waals surface area contributed by atoms with E-state index in [1.54, 1.807) is 0 Å². The van der Waals surface area contributed by atoms with Crippen molar-refractivity contribution in [1.82, 2.24) is 4.57 Å². The van der Waals surface area contributed by atoms with Gasteiger partial charge < -0.3 is 14.4 Å². The van der Waals surface area contributed by atoms with Crippen LogP contribution in [-0.2, 0) is 0 Å². The first kappa shape index (κ1) is 31.7. The van der Waals surface area contributed by atoms with Crippen LogP contribution >= 0.6 is 0 Å². The minimum Gasteiger partial charge on any atom is -0.372 e. The third-order valence-electron chi connectivity index (χ3n) is 10.7. The average Bonchev–Trinajstić information content (AvgIpc) is 3.49. The zero-order valence-electron chi connectivity index (χ0n) is 29.9. The molecular weight excluding hydrogens is 607 g/mol. The molecule has 1 heterocycles. The SMILES string of the molecule is CCN(CC)c1ccc2c(-c3ccc4c(c3)c3ccccc3n4-c3ccccc3)c3cc(N(CC)CC)ccc3c(-c3ccc(C)cc3)c2c1. The maximum Gasteiger partial charge on any atom is 0.0541 e. The molecule has 0 spiro atoms. The molecule has 0 bridgehead atoms. The molecule has 0 aliphatic rings. The van der Waals surface area contributed by atoms with Crippen LogP contribution < -0.4 is 9.80 Å². The smallest absolute Gasteiger partial charge is 0.0541 e. The van der Waals surface area contributed by atoms with Gasteiger partial charge in [-0.15, -0.1) is 0 Å². The number of benzene rings is 7. The summed E-state index contributed by atoms with van der Waals surface area (Å²) in [5, 5.41) is 7.70. The summed E-state index contributed by atoms with van der Waals surface area (Å²) in [4.78, 5) is 4.91. The first-order valence-corrected chi connectivity index (χ1v) is 18.2. The normalized spacial score (nSPS) is 11.6. The Morgan fingerprint density at radius 1 is 0.420 bits per heavy atom. The highest BCUT2D eigenvalue weighted by Crippen LogP contribution is 2.47. The fourth-order valence-electron chi connectivity index (χ4n) is 8.10. The van der Waals surface area contributed by atoms with Crippen molar-refractivity contribution in [1.29, 1.82) is 0 Å². The van der Waals surface area contributed by atoms with Gasteiger partial charge in [0.05, 0.1) is 11.0 Å². The summed E-state index contributed by atoms with van der Waals surface area (Å²) in [6.07, 6.45) is 0. The van der Waals surface area contributed by atoms with E-state index < -0.39 is 0 Å². The van der Waals surface area contributed by atoms with Crippen molar-refractivity contribution >= 4 is 54.7 Å². The number of nitrogens with zero attached hydrogens (tertiary/aromatic N) is 3. The Morgan fingerprint density at radius 2 is 0.940 bits per heavy atom. The summed E-state index contributed by atoms with van der Waals surface area (Å²) < 4.78 is 2.40. The quantitative estimate of drug-likeness (QED) is 0.144. The van der Waals surface area contributed by atoms with Crippen LogP contribution in [0.3, 0.4) is 0 Å². The number of anilines is 2. The second kappa shape index (κ2) is 13.1. The molecule has 8 aromatic rings. The Labute approximate surface area is 296 Å². The molecular formula is C47H45N3. The highest BCUT2D eigenvalue weighted by atomic mass is 15.1. The molecule has 0 aliphatic heterocycles. The molecule has 0 saturated carbocycles. The molecule has 1 aromatic heterocycles. The van der Waals surface area contributed by atoms with Crippen molar-refractivity contribution < 1.29 is 0 Å². The average molecular weight is 652 g/mol. The highest BCUT2D eigenvalue weighted by molar-refractivity contribution is 6.23. The monoisotopic (exact) mass is 651 g/mol. The molecule has 0 atom stereocenters. The largest absolute Gasteiger partial charge is 0.372 e. The number of hydrogen-bond donors (Lipinski definition) is 0. The van der Waals surface area contributed by atoms with Crippen LogP contribution in [0.25, 0.3) is 71.3 Å². The van der Waals surface area contributed by atoms with Gasteiger partial charge in [0, 0.05) is 54.0 Å². The van der Waals surface area contributed by atoms with Gasteiger partial charge in [-0.05, 0) is 133 Å². The second-order valence-electron chi connectivity index (χ2n) is 13.3. The van der Waals surface area contributed by atoms with E-state index in [9.17, 15) is 0 Å². The van der Waals surface area contributed by atoms with E-state index in [4.69, 9.17) is 0 Å². The molecule has 50 heavy (non-hydrogen) atoms. The Hall–Kier alpha value is -5.54. The van der Waals surface area contributed by atoms with E-state index in [1.807, 2.05) is 0 Å². The predicted octanol–water partition coefficient (Wildman–Crippen LogP) is 12.4. The number of para-hydroxylation sites is 2. The predicted molar refractivity (Wildman–Crippen MR) is 219 cm³/mol. The van der Waals surface area contributed by atoms with Gasteiger partial charge in [-0.25, -0.2) is 0 Å². The van der Waals surface area contributed by atoms with Crippen LogP contribution in [0.4, 0.5) is 11.4 Å². The molecule has 0 unspecified atom stereocenters. The van der Waals surface area contributed by atoms with Crippen molar-refractivity contribution in [3.05, 3.63) is 139 Å². The summed E-state index contributed by atoms with van der Waals surface area (Å²) in [7, 11) is 0. The van der Waals surface area contributed by atoms with Crippen molar-refractivity contribution in [3.8, 4) is 27.9 Å². The second-order valence-corrected chi connectivity index (χ2v) is 13.3.